The zero-order valence-electron chi connectivity index (χ0n) is 7.21. The highest BCUT2D eigenvalue weighted by Crippen LogP contribution is 2.28. The summed E-state index contributed by atoms with van der Waals surface area (Å²) >= 11 is 6.14. The molecule has 2 nitrogen and oxygen atoms in total. The number of benzene rings is 1. The maximum atomic E-state index is 6.14. The predicted molar refractivity (Wildman–Crippen MR) is 56.3 cm³/mol. The molecule has 0 spiro atoms. The highest BCUT2D eigenvalue weighted by atomic mass is 35.5. The van der Waals surface area contributed by atoms with E-state index in [9.17, 15) is 0 Å². The highest BCUT2D eigenvalue weighted by Gasteiger charge is 2.03. The van der Waals surface area contributed by atoms with Crippen molar-refractivity contribution in [3.8, 4) is 0 Å². The van der Waals surface area contributed by atoms with Crippen LogP contribution in [0.5, 0.6) is 0 Å². The van der Waals surface area contributed by atoms with Crippen LogP contribution in [-0.4, -0.2) is 12.0 Å². The summed E-state index contributed by atoms with van der Waals surface area (Å²) < 4.78 is 0. The number of nitrogens with zero attached hydrogens (tertiary/aromatic N) is 1. The minimum atomic E-state index is 0.730. The second kappa shape index (κ2) is 3.23. The standard InChI is InChI=1S/C10H9ClN2/c1-12-9-6-13-8-5-3-2-4-7(8)10(9)11/h2-6,12H,1H3. The molecule has 0 atom stereocenters. The van der Waals surface area contributed by atoms with E-state index in [0.29, 0.717) is 0 Å². The van der Waals surface area contributed by atoms with E-state index in [2.05, 4.69) is 10.3 Å². The van der Waals surface area contributed by atoms with Gasteiger partial charge in [0.25, 0.3) is 0 Å². The molecule has 0 saturated carbocycles. The number of hydrogen-bond acceptors (Lipinski definition) is 2. The van der Waals surface area contributed by atoms with Gasteiger partial charge in [-0.15, -0.1) is 0 Å². The zero-order chi connectivity index (χ0) is 9.26. The van der Waals surface area contributed by atoms with Gasteiger partial charge in [0.05, 0.1) is 22.4 Å². The molecule has 0 aliphatic carbocycles. The highest BCUT2D eigenvalue weighted by molar-refractivity contribution is 6.37. The molecular weight excluding hydrogens is 184 g/mol. The fraction of sp³-hybridized carbons (Fsp3) is 0.100. The van der Waals surface area contributed by atoms with Gasteiger partial charge >= 0.3 is 0 Å². The normalized spacial score (nSPS) is 10.3. The van der Waals surface area contributed by atoms with E-state index in [1.165, 1.54) is 0 Å². The number of anilines is 1. The molecule has 0 fully saturated rings. The minimum Gasteiger partial charge on any atom is -0.386 e. The summed E-state index contributed by atoms with van der Waals surface area (Å²) in [6.07, 6.45) is 1.74. The lowest BCUT2D eigenvalue weighted by Crippen LogP contribution is -1.91. The number of aromatic nitrogens is 1. The third-order valence-electron chi connectivity index (χ3n) is 1.98. The van der Waals surface area contributed by atoms with Crippen LogP contribution in [0.25, 0.3) is 10.9 Å². The molecule has 0 amide bonds. The Morgan fingerprint density at radius 3 is 2.85 bits per heavy atom. The molecule has 1 N–H and O–H groups in total. The van der Waals surface area contributed by atoms with Gasteiger partial charge in [0.2, 0.25) is 0 Å². The third kappa shape index (κ3) is 1.33. The van der Waals surface area contributed by atoms with Gasteiger partial charge in [-0.05, 0) is 6.07 Å². The molecule has 66 valence electrons. The van der Waals surface area contributed by atoms with Gasteiger partial charge in [0, 0.05) is 12.4 Å². The lowest BCUT2D eigenvalue weighted by molar-refractivity contribution is 1.38. The van der Waals surface area contributed by atoms with Crippen LogP contribution >= 0.6 is 11.6 Å². The Morgan fingerprint density at radius 2 is 2.08 bits per heavy atom. The molecule has 0 radical (unpaired) electrons. The van der Waals surface area contributed by atoms with Gasteiger partial charge in [0.15, 0.2) is 0 Å². The van der Waals surface area contributed by atoms with Crippen LogP contribution in [-0.2, 0) is 0 Å². The summed E-state index contributed by atoms with van der Waals surface area (Å²) in [7, 11) is 1.83. The van der Waals surface area contributed by atoms with Crippen molar-refractivity contribution >= 4 is 28.2 Å². The quantitative estimate of drug-likeness (QED) is 0.752. The summed E-state index contributed by atoms with van der Waals surface area (Å²) in [5.74, 6) is 0. The molecular formula is C10H9ClN2. The molecule has 0 aliphatic rings. The maximum absolute atomic E-state index is 6.14. The van der Waals surface area contributed by atoms with Crippen molar-refractivity contribution in [3.05, 3.63) is 35.5 Å². The minimum absolute atomic E-state index is 0.730. The first kappa shape index (κ1) is 8.32. The Hall–Kier alpha value is -1.28. The average molecular weight is 193 g/mol. The largest absolute Gasteiger partial charge is 0.386 e. The molecule has 0 bridgehead atoms. The number of hydrogen-bond donors (Lipinski definition) is 1. The molecule has 0 aliphatic heterocycles. The molecule has 0 saturated heterocycles. The van der Waals surface area contributed by atoms with Crippen LogP contribution in [0.1, 0.15) is 0 Å². The lowest BCUT2D eigenvalue weighted by Gasteiger charge is -2.05. The molecule has 2 aromatic rings. The van der Waals surface area contributed by atoms with Crippen LogP contribution in [0.15, 0.2) is 30.5 Å². The summed E-state index contributed by atoms with van der Waals surface area (Å²) in [6.45, 7) is 0. The molecule has 13 heavy (non-hydrogen) atoms. The van der Waals surface area contributed by atoms with Gasteiger partial charge in [0.1, 0.15) is 0 Å². The Labute approximate surface area is 81.6 Å². The van der Waals surface area contributed by atoms with Crippen LogP contribution in [0.3, 0.4) is 0 Å². The second-order valence-corrected chi connectivity index (χ2v) is 3.13. The number of pyridine rings is 1. The van der Waals surface area contributed by atoms with Gasteiger partial charge in [-0.2, -0.15) is 0 Å². The van der Waals surface area contributed by atoms with E-state index in [4.69, 9.17) is 11.6 Å². The fourth-order valence-corrected chi connectivity index (χ4v) is 1.59. The number of nitrogens with one attached hydrogen (secondary N) is 1. The summed E-state index contributed by atoms with van der Waals surface area (Å²) in [5, 5.41) is 4.71. The van der Waals surface area contributed by atoms with Crippen molar-refractivity contribution < 1.29 is 0 Å². The molecule has 2 rings (SSSR count). The van der Waals surface area contributed by atoms with Gasteiger partial charge < -0.3 is 5.32 Å². The number of rotatable bonds is 1. The Balaban J connectivity index is 2.79. The van der Waals surface area contributed by atoms with E-state index >= 15 is 0 Å². The van der Waals surface area contributed by atoms with Crippen LogP contribution < -0.4 is 5.32 Å². The number of halogens is 1. The van der Waals surface area contributed by atoms with E-state index in [1.807, 2.05) is 31.3 Å². The monoisotopic (exact) mass is 192 g/mol. The fourth-order valence-electron chi connectivity index (χ4n) is 1.28. The zero-order valence-corrected chi connectivity index (χ0v) is 7.97. The summed E-state index contributed by atoms with van der Waals surface area (Å²) in [6, 6.07) is 7.81. The Kier molecular flexibility index (Phi) is 2.07. The van der Waals surface area contributed by atoms with E-state index < -0.39 is 0 Å². The second-order valence-electron chi connectivity index (χ2n) is 2.75. The summed E-state index contributed by atoms with van der Waals surface area (Å²) in [5.41, 5.74) is 1.78. The van der Waals surface area contributed by atoms with Crippen LogP contribution in [0, 0.1) is 0 Å². The SMILES string of the molecule is CNc1cnc2ccccc2c1Cl. The van der Waals surface area contributed by atoms with E-state index in [1.54, 1.807) is 6.20 Å². The molecule has 1 aromatic carbocycles. The average Bonchev–Trinajstić information content (AvgIpc) is 2.19. The van der Waals surface area contributed by atoms with Crippen molar-refractivity contribution in [2.75, 3.05) is 12.4 Å². The molecule has 3 heteroatoms. The Bertz CT molecular complexity index is 440. The van der Waals surface area contributed by atoms with Gasteiger partial charge in [-0.25, -0.2) is 0 Å². The van der Waals surface area contributed by atoms with E-state index in [-0.39, 0.29) is 0 Å². The molecule has 1 aromatic heterocycles. The predicted octanol–water partition coefficient (Wildman–Crippen LogP) is 2.93. The van der Waals surface area contributed by atoms with E-state index in [0.717, 1.165) is 21.6 Å². The van der Waals surface area contributed by atoms with Crippen molar-refractivity contribution in [1.29, 1.82) is 0 Å². The number of para-hydroxylation sites is 1. The first-order valence-electron chi connectivity index (χ1n) is 4.04. The van der Waals surface area contributed by atoms with Crippen LogP contribution in [0.4, 0.5) is 5.69 Å². The third-order valence-corrected chi connectivity index (χ3v) is 2.39. The van der Waals surface area contributed by atoms with Crippen molar-refractivity contribution in [2.24, 2.45) is 0 Å². The first-order chi connectivity index (χ1) is 6.33. The lowest BCUT2D eigenvalue weighted by atomic mass is 10.2. The van der Waals surface area contributed by atoms with Gasteiger partial charge in [-0.3, -0.25) is 4.98 Å². The Morgan fingerprint density at radius 1 is 1.31 bits per heavy atom. The van der Waals surface area contributed by atoms with Crippen molar-refractivity contribution in [2.45, 2.75) is 0 Å². The first-order valence-corrected chi connectivity index (χ1v) is 4.41. The topological polar surface area (TPSA) is 24.9 Å². The summed E-state index contributed by atoms with van der Waals surface area (Å²) in [4.78, 5) is 4.27. The number of fused-ring (bicyclic) bond motifs is 1. The smallest absolute Gasteiger partial charge is 0.0747 e. The molecule has 1 heterocycles. The van der Waals surface area contributed by atoms with Crippen molar-refractivity contribution in [1.82, 2.24) is 4.98 Å². The molecule has 0 unspecified atom stereocenters. The maximum Gasteiger partial charge on any atom is 0.0747 e. The van der Waals surface area contributed by atoms with Gasteiger partial charge in [-0.1, -0.05) is 29.8 Å². The van der Waals surface area contributed by atoms with Crippen molar-refractivity contribution in [3.63, 3.8) is 0 Å². The van der Waals surface area contributed by atoms with Crippen LogP contribution in [0.2, 0.25) is 5.02 Å².